The molecule has 0 saturated carbocycles. The molecular formula is C23H26N2O5. The first-order valence-electron chi connectivity index (χ1n) is 9.63. The van der Waals surface area contributed by atoms with Gasteiger partial charge >= 0.3 is 0 Å². The first-order valence-corrected chi connectivity index (χ1v) is 9.63. The molecule has 2 aromatic rings. The zero-order valence-corrected chi connectivity index (χ0v) is 17.8. The predicted octanol–water partition coefficient (Wildman–Crippen LogP) is 3.65. The second-order valence-corrected chi connectivity index (χ2v) is 7.14. The van der Waals surface area contributed by atoms with Gasteiger partial charge < -0.3 is 19.5 Å². The van der Waals surface area contributed by atoms with Crippen LogP contribution in [-0.2, 0) is 9.59 Å². The third-order valence-corrected chi connectivity index (χ3v) is 5.20. The van der Waals surface area contributed by atoms with Gasteiger partial charge in [-0.1, -0.05) is 13.0 Å². The number of methoxy groups -OCH3 is 2. The van der Waals surface area contributed by atoms with E-state index in [1.165, 1.54) is 19.1 Å². The van der Waals surface area contributed by atoms with Crippen LogP contribution in [0, 0.1) is 0 Å². The van der Waals surface area contributed by atoms with Crippen molar-refractivity contribution in [3.8, 4) is 11.5 Å². The molecule has 3 rings (SSSR count). The Morgan fingerprint density at radius 3 is 2.23 bits per heavy atom. The molecule has 1 aliphatic rings. The highest BCUT2D eigenvalue weighted by Crippen LogP contribution is 2.43. The quantitative estimate of drug-likeness (QED) is 0.751. The lowest BCUT2D eigenvalue weighted by Gasteiger charge is -2.28. The van der Waals surface area contributed by atoms with Crippen LogP contribution >= 0.6 is 0 Å². The summed E-state index contributed by atoms with van der Waals surface area (Å²) >= 11 is 0. The zero-order valence-electron chi connectivity index (χ0n) is 17.8. The fraction of sp³-hybridized carbons (Fsp3) is 0.304. The van der Waals surface area contributed by atoms with E-state index in [9.17, 15) is 14.7 Å². The summed E-state index contributed by atoms with van der Waals surface area (Å²) in [6.07, 6.45) is 0.171. The van der Waals surface area contributed by atoms with Crippen molar-refractivity contribution in [2.45, 2.75) is 19.4 Å². The maximum absolute atomic E-state index is 13.0. The lowest BCUT2D eigenvalue weighted by molar-refractivity contribution is -0.118. The van der Waals surface area contributed by atoms with Crippen LogP contribution in [0.2, 0.25) is 0 Å². The zero-order chi connectivity index (χ0) is 22.0. The molecule has 7 heteroatoms. The summed E-state index contributed by atoms with van der Waals surface area (Å²) < 4.78 is 10.7. The van der Waals surface area contributed by atoms with Gasteiger partial charge in [0.05, 0.1) is 25.8 Å². The Hall–Kier alpha value is -3.48. The van der Waals surface area contributed by atoms with Crippen molar-refractivity contribution in [2.75, 3.05) is 38.1 Å². The SMILES string of the molecule is CCC(=O)C1=C(O)C(=O)N(c2ccc(N(C)C)cc2)C1c1ccc(OC)c(OC)c1. The Bertz CT molecular complexity index is 995. The first kappa shape index (κ1) is 21.2. The van der Waals surface area contributed by atoms with E-state index < -0.39 is 17.7 Å². The van der Waals surface area contributed by atoms with Gasteiger partial charge in [-0.15, -0.1) is 0 Å². The molecule has 30 heavy (non-hydrogen) atoms. The molecule has 0 aromatic heterocycles. The van der Waals surface area contributed by atoms with Gasteiger partial charge in [-0.2, -0.15) is 0 Å². The second-order valence-electron chi connectivity index (χ2n) is 7.14. The fourth-order valence-electron chi connectivity index (χ4n) is 3.60. The standard InChI is InChI=1S/C23H26N2O5/c1-6-17(26)20-21(14-7-12-18(29-4)19(13-14)30-5)25(23(28)22(20)27)16-10-8-15(9-11-16)24(2)3/h7-13,21,27H,6H2,1-5H3. The number of benzene rings is 2. The number of ketones is 1. The third-order valence-electron chi connectivity index (χ3n) is 5.20. The molecular weight excluding hydrogens is 384 g/mol. The second kappa shape index (κ2) is 8.49. The Morgan fingerprint density at radius 1 is 1.07 bits per heavy atom. The summed E-state index contributed by atoms with van der Waals surface area (Å²) in [7, 11) is 6.90. The van der Waals surface area contributed by atoms with Crippen LogP contribution in [0.25, 0.3) is 0 Å². The molecule has 1 aliphatic heterocycles. The van der Waals surface area contributed by atoms with E-state index in [1.807, 2.05) is 31.1 Å². The molecule has 1 amide bonds. The molecule has 0 aliphatic carbocycles. The minimum atomic E-state index is -0.769. The van der Waals surface area contributed by atoms with Crippen LogP contribution in [0.5, 0.6) is 11.5 Å². The average Bonchev–Trinajstić information content (AvgIpc) is 3.03. The molecule has 158 valence electrons. The van der Waals surface area contributed by atoms with E-state index in [0.29, 0.717) is 22.7 Å². The first-order chi connectivity index (χ1) is 14.3. The lowest BCUT2D eigenvalue weighted by Crippen LogP contribution is -2.31. The van der Waals surface area contributed by atoms with Crippen molar-refractivity contribution >= 4 is 23.1 Å². The number of carbonyl (C=O) groups excluding carboxylic acids is 2. The maximum atomic E-state index is 13.0. The predicted molar refractivity (Wildman–Crippen MR) is 115 cm³/mol. The molecule has 0 fully saturated rings. The number of hydrogen-bond donors (Lipinski definition) is 1. The van der Waals surface area contributed by atoms with Crippen molar-refractivity contribution in [1.29, 1.82) is 0 Å². The maximum Gasteiger partial charge on any atom is 0.294 e. The molecule has 0 bridgehead atoms. The Balaban J connectivity index is 2.16. The number of Topliss-reactive ketones (excluding diaryl/α,β-unsaturated/α-hetero) is 1. The number of aliphatic hydroxyl groups is 1. The molecule has 1 unspecified atom stereocenters. The summed E-state index contributed by atoms with van der Waals surface area (Å²) in [5.41, 5.74) is 2.27. The van der Waals surface area contributed by atoms with Crippen LogP contribution < -0.4 is 19.3 Å². The van der Waals surface area contributed by atoms with Gasteiger partial charge in [0.2, 0.25) is 0 Å². The van der Waals surface area contributed by atoms with Gasteiger partial charge in [0.1, 0.15) is 0 Å². The molecule has 1 N–H and O–H groups in total. The summed E-state index contributed by atoms with van der Waals surface area (Å²) in [5, 5.41) is 10.6. The Labute approximate surface area is 176 Å². The molecule has 2 aromatic carbocycles. The van der Waals surface area contributed by atoms with Gasteiger partial charge in [0.25, 0.3) is 5.91 Å². The van der Waals surface area contributed by atoms with Gasteiger partial charge in [-0.05, 0) is 42.0 Å². The van der Waals surface area contributed by atoms with Crippen LogP contribution in [0.1, 0.15) is 24.9 Å². The largest absolute Gasteiger partial charge is 0.503 e. The molecule has 0 spiro atoms. The smallest absolute Gasteiger partial charge is 0.294 e. The number of ether oxygens (including phenoxy) is 2. The van der Waals surface area contributed by atoms with Gasteiger partial charge in [-0.25, -0.2) is 0 Å². The minimum absolute atomic E-state index is 0.0893. The van der Waals surface area contributed by atoms with E-state index >= 15 is 0 Å². The third kappa shape index (κ3) is 3.58. The van der Waals surface area contributed by atoms with Crippen LogP contribution in [-0.4, -0.2) is 45.1 Å². The normalized spacial score (nSPS) is 16.1. The number of carbonyl (C=O) groups is 2. The van der Waals surface area contributed by atoms with Crippen molar-refractivity contribution in [1.82, 2.24) is 0 Å². The Kier molecular flexibility index (Phi) is 6.01. The van der Waals surface area contributed by atoms with E-state index in [1.54, 1.807) is 37.3 Å². The van der Waals surface area contributed by atoms with Crippen molar-refractivity contribution in [3.05, 3.63) is 59.4 Å². The molecule has 7 nitrogen and oxygen atoms in total. The molecule has 1 atom stereocenters. The van der Waals surface area contributed by atoms with Crippen molar-refractivity contribution in [2.24, 2.45) is 0 Å². The van der Waals surface area contributed by atoms with E-state index in [-0.39, 0.29) is 17.8 Å². The van der Waals surface area contributed by atoms with E-state index in [4.69, 9.17) is 9.47 Å². The van der Waals surface area contributed by atoms with Gasteiger partial charge in [0.15, 0.2) is 23.0 Å². The monoisotopic (exact) mass is 410 g/mol. The lowest BCUT2D eigenvalue weighted by atomic mass is 9.94. The minimum Gasteiger partial charge on any atom is -0.503 e. The molecule has 0 saturated heterocycles. The molecule has 1 heterocycles. The number of hydrogen-bond acceptors (Lipinski definition) is 6. The summed E-state index contributed by atoms with van der Waals surface area (Å²) in [6.45, 7) is 1.70. The highest BCUT2D eigenvalue weighted by molar-refractivity contribution is 6.16. The Morgan fingerprint density at radius 2 is 1.70 bits per heavy atom. The number of amides is 1. The summed E-state index contributed by atoms with van der Waals surface area (Å²) in [6, 6.07) is 11.8. The molecule has 0 radical (unpaired) electrons. The highest BCUT2D eigenvalue weighted by atomic mass is 16.5. The number of rotatable bonds is 7. The summed E-state index contributed by atoms with van der Waals surface area (Å²) in [4.78, 5) is 29.1. The van der Waals surface area contributed by atoms with E-state index in [0.717, 1.165) is 5.69 Å². The van der Waals surface area contributed by atoms with Crippen LogP contribution in [0.15, 0.2) is 53.8 Å². The number of nitrogens with zero attached hydrogens (tertiary/aromatic N) is 2. The van der Waals surface area contributed by atoms with Gasteiger partial charge in [0, 0.05) is 31.9 Å². The topological polar surface area (TPSA) is 79.3 Å². The highest BCUT2D eigenvalue weighted by Gasteiger charge is 2.44. The number of aliphatic hydroxyl groups excluding tert-OH is 1. The number of anilines is 2. The van der Waals surface area contributed by atoms with Crippen molar-refractivity contribution in [3.63, 3.8) is 0 Å². The average molecular weight is 410 g/mol. The van der Waals surface area contributed by atoms with Crippen molar-refractivity contribution < 1.29 is 24.2 Å². The fourth-order valence-corrected chi connectivity index (χ4v) is 3.60. The van der Waals surface area contributed by atoms with Gasteiger partial charge in [-0.3, -0.25) is 14.5 Å². The van der Waals surface area contributed by atoms with Crippen LogP contribution in [0.3, 0.4) is 0 Å². The summed E-state index contributed by atoms with van der Waals surface area (Å²) in [5.74, 6) is -0.403. The van der Waals surface area contributed by atoms with E-state index in [2.05, 4.69) is 0 Å². The van der Waals surface area contributed by atoms with Crippen LogP contribution in [0.4, 0.5) is 11.4 Å².